The quantitative estimate of drug-likeness (QED) is 0.459. The number of para-hydroxylation sites is 1. The van der Waals surface area contributed by atoms with Gasteiger partial charge in [-0.3, -0.25) is 9.42 Å². The van der Waals surface area contributed by atoms with E-state index in [-0.39, 0.29) is 24.0 Å². The van der Waals surface area contributed by atoms with Gasteiger partial charge in [-0.15, -0.1) is 0 Å². The van der Waals surface area contributed by atoms with Gasteiger partial charge in [-0.1, -0.05) is 60.1 Å². The first kappa shape index (κ1) is 17.8. The standard InChI is InChI=1S/C18H16ClO5P/c19-16-9-3-4-10-18(16)24-25(20,21)23-13-12-22-17-11-5-7-14-6-1-2-8-15(14)17/h1-11H,12-13H2,(H,20,21). The van der Waals surface area contributed by atoms with Gasteiger partial charge in [0, 0.05) is 5.39 Å². The molecule has 5 nitrogen and oxygen atoms in total. The number of benzene rings is 3. The van der Waals surface area contributed by atoms with Gasteiger partial charge >= 0.3 is 7.82 Å². The monoisotopic (exact) mass is 378 g/mol. The van der Waals surface area contributed by atoms with Crippen molar-refractivity contribution in [2.75, 3.05) is 13.2 Å². The van der Waals surface area contributed by atoms with Crippen LogP contribution in [-0.2, 0) is 9.09 Å². The van der Waals surface area contributed by atoms with Crippen molar-refractivity contribution < 1.29 is 23.2 Å². The van der Waals surface area contributed by atoms with Gasteiger partial charge in [-0.2, -0.15) is 0 Å². The molecule has 0 fully saturated rings. The Kier molecular flexibility index (Phi) is 5.61. The second-order valence-corrected chi connectivity index (χ2v) is 6.93. The van der Waals surface area contributed by atoms with Gasteiger partial charge in [0.25, 0.3) is 0 Å². The normalized spacial score (nSPS) is 13.4. The Morgan fingerprint density at radius 1 is 0.880 bits per heavy atom. The first-order valence-corrected chi connectivity index (χ1v) is 9.44. The Hall–Kier alpha value is -2.04. The van der Waals surface area contributed by atoms with Crippen molar-refractivity contribution >= 4 is 30.2 Å². The van der Waals surface area contributed by atoms with E-state index in [0.29, 0.717) is 5.75 Å². The van der Waals surface area contributed by atoms with Crippen molar-refractivity contribution in [1.82, 2.24) is 0 Å². The highest BCUT2D eigenvalue weighted by Gasteiger charge is 2.24. The van der Waals surface area contributed by atoms with Gasteiger partial charge in [0.05, 0.1) is 11.6 Å². The fourth-order valence-corrected chi connectivity index (χ4v) is 3.29. The first-order valence-electron chi connectivity index (χ1n) is 7.57. The van der Waals surface area contributed by atoms with Crippen LogP contribution in [-0.4, -0.2) is 18.1 Å². The Morgan fingerprint density at radius 2 is 1.56 bits per heavy atom. The molecule has 3 aromatic rings. The lowest BCUT2D eigenvalue weighted by Gasteiger charge is -2.14. The average molecular weight is 379 g/mol. The van der Waals surface area contributed by atoms with Gasteiger partial charge in [0.15, 0.2) is 0 Å². The molecule has 130 valence electrons. The molecule has 0 aromatic heterocycles. The third kappa shape index (κ3) is 4.74. The predicted octanol–water partition coefficient (Wildman–Crippen LogP) is 5.07. The molecule has 1 N–H and O–H groups in total. The topological polar surface area (TPSA) is 65.0 Å². The van der Waals surface area contributed by atoms with E-state index in [9.17, 15) is 9.46 Å². The van der Waals surface area contributed by atoms with Crippen LogP contribution in [0.25, 0.3) is 10.8 Å². The average Bonchev–Trinajstić information content (AvgIpc) is 2.61. The molecule has 0 radical (unpaired) electrons. The molecule has 0 saturated heterocycles. The lowest BCUT2D eigenvalue weighted by Crippen LogP contribution is -2.08. The minimum atomic E-state index is -4.28. The van der Waals surface area contributed by atoms with Crippen LogP contribution in [0.15, 0.2) is 66.7 Å². The maximum Gasteiger partial charge on any atom is 0.527 e. The van der Waals surface area contributed by atoms with E-state index >= 15 is 0 Å². The van der Waals surface area contributed by atoms with E-state index in [1.165, 1.54) is 6.07 Å². The third-order valence-corrected chi connectivity index (χ3v) is 4.64. The largest absolute Gasteiger partial charge is 0.527 e. The minimum absolute atomic E-state index is 0.0879. The summed E-state index contributed by atoms with van der Waals surface area (Å²) in [5.41, 5.74) is 0. The molecule has 1 atom stereocenters. The number of ether oxygens (including phenoxy) is 1. The molecule has 3 aromatic carbocycles. The summed E-state index contributed by atoms with van der Waals surface area (Å²) >= 11 is 5.89. The molecule has 7 heteroatoms. The summed E-state index contributed by atoms with van der Waals surface area (Å²) in [4.78, 5) is 9.76. The van der Waals surface area contributed by atoms with Crippen LogP contribution in [0.5, 0.6) is 11.5 Å². The molecule has 25 heavy (non-hydrogen) atoms. The maximum absolute atomic E-state index is 12.0. The molecule has 0 saturated carbocycles. The second kappa shape index (κ2) is 7.89. The predicted molar refractivity (Wildman–Crippen MR) is 97.3 cm³/mol. The molecule has 0 aliphatic heterocycles. The molecular formula is C18H16ClO5P. The van der Waals surface area contributed by atoms with Crippen LogP contribution in [0, 0.1) is 0 Å². The number of phosphoric ester groups is 1. The molecule has 0 aliphatic rings. The van der Waals surface area contributed by atoms with Gasteiger partial charge in [0.1, 0.15) is 18.1 Å². The molecule has 0 amide bonds. The Bertz CT molecular complexity index is 909. The van der Waals surface area contributed by atoms with Crippen molar-refractivity contribution in [3.8, 4) is 11.5 Å². The highest BCUT2D eigenvalue weighted by Crippen LogP contribution is 2.45. The van der Waals surface area contributed by atoms with Crippen LogP contribution in [0.1, 0.15) is 0 Å². The molecular weight excluding hydrogens is 363 g/mol. The van der Waals surface area contributed by atoms with Gasteiger partial charge in [0.2, 0.25) is 0 Å². The summed E-state index contributed by atoms with van der Waals surface area (Å²) < 4.78 is 27.5. The molecule has 0 aliphatic carbocycles. The van der Waals surface area contributed by atoms with Crippen molar-refractivity contribution in [3.05, 3.63) is 71.8 Å². The molecule has 0 heterocycles. The van der Waals surface area contributed by atoms with Gasteiger partial charge in [-0.25, -0.2) is 4.57 Å². The highest BCUT2D eigenvalue weighted by atomic mass is 35.5. The summed E-state index contributed by atoms with van der Waals surface area (Å²) in [6.07, 6.45) is 0. The minimum Gasteiger partial charge on any atom is -0.491 e. The third-order valence-electron chi connectivity index (χ3n) is 3.40. The Labute approximate surface area is 150 Å². The zero-order chi connectivity index (χ0) is 17.7. The van der Waals surface area contributed by atoms with Gasteiger partial charge < -0.3 is 9.26 Å². The number of hydrogen-bond donors (Lipinski definition) is 1. The van der Waals surface area contributed by atoms with E-state index in [1.54, 1.807) is 18.2 Å². The summed E-state index contributed by atoms with van der Waals surface area (Å²) in [5.74, 6) is 0.770. The van der Waals surface area contributed by atoms with E-state index in [1.807, 2.05) is 42.5 Å². The SMILES string of the molecule is O=P(O)(OCCOc1cccc2ccccc12)Oc1ccccc1Cl. The van der Waals surface area contributed by atoms with Crippen LogP contribution < -0.4 is 9.26 Å². The smallest absolute Gasteiger partial charge is 0.491 e. The lowest BCUT2D eigenvalue weighted by molar-refractivity contribution is 0.165. The summed E-state index contributed by atoms with van der Waals surface area (Å²) in [6.45, 7) is -0.00804. The van der Waals surface area contributed by atoms with Crippen LogP contribution >= 0.6 is 19.4 Å². The summed E-state index contributed by atoms with van der Waals surface area (Å²) in [5, 5.41) is 2.24. The van der Waals surface area contributed by atoms with E-state index in [2.05, 4.69) is 0 Å². The molecule has 0 spiro atoms. The number of halogens is 1. The van der Waals surface area contributed by atoms with Crippen LogP contribution in [0.2, 0.25) is 5.02 Å². The number of rotatable bonds is 7. The zero-order valence-electron chi connectivity index (χ0n) is 13.2. The van der Waals surface area contributed by atoms with Crippen molar-refractivity contribution in [2.24, 2.45) is 0 Å². The Morgan fingerprint density at radius 3 is 2.40 bits per heavy atom. The fraction of sp³-hybridized carbons (Fsp3) is 0.111. The van der Waals surface area contributed by atoms with E-state index in [4.69, 9.17) is 25.4 Å². The van der Waals surface area contributed by atoms with Crippen molar-refractivity contribution in [2.45, 2.75) is 0 Å². The Balaban J connectivity index is 1.55. The molecule has 3 rings (SSSR count). The van der Waals surface area contributed by atoms with Crippen LogP contribution in [0.3, 0.4) is 0 Å². The van der Waals surface area contributed by atoms with E-state index in [0.717, 1.165) is 10.8 Å². The zero-order valence-corrected chi connectivity index (χ0v) is 14.8. The maximum atomic E-state index is 12.0. The molecule has 0 bridgehead atoms. The molecule has 1 unspecified atom stereocenters. The number of phosphoric acid groups is 1. The second-order valence-electron chi connectivity index (χ2n) is 5.15. The fourth-order valence-electron chi connectivity index (χ4n) is 2.30. The van der Waals surface area contributed by atoms with Crippen molar-refractivity contribution in [1.29, 1.82) is 0 Å². The lowest BCUT2D eigenvalue weighted by atomic mass is 10.1. The van der Waals surface area contributed by atoms with Crippen LogP contribution in [0.4, 0.5) is 0 Å². The summed E-state index contributed by atoms with van der Waals surface area (Å²) in [7, 11) is -4.28. The van der Waals surface area contributed by atoms with E-state index < -0.39 is 7.82 Å². The number of hydrogen-bond acceptors (Lipinski definition) is 4. The summed E-state index contributed by atoms with van der Waals surface area (Å²) in [6, 6.07) is 19.9. The highest BCUT2D eigenvalue weighted by molar-refractivity contribution is 7.47. The van der Waals surface area contributed by atoms with Crippen molar-refractivity contribution in [3.63, 3.8) is 0 Å². The number of fused-ring (bicyclic) bond motifs is 1. The van der Waals surface area contributed by atoms with Gasteiger partial charge in [-0.05, 0) is 23.6 Å². The first-order chi connectivity index (χ1) is 12.1.